The highest BCUT2D eigenvalue weighted by atomic mass is 16.4. The summed E-state index contributed by atoms with van der Waals surface area (Å²) in [6.45, 7) is 9.79. The van der Waals surface area contributed by atoms with Gasteiger partial charge in [0.05, 0.1) is 0 Å². The Morgan fingerprint density at radius 2 is 1.75 bits per heavy atom. The minimum absolute atomic E-state index is 0.337. The normalized spacial score (nSPS) is 13.4. The fraction of sp³-hybridized carbons (Fsp3) is 0.818. The number of urea groups is 1. The average Bonchev–Trinajstić information content (AvgIpc) is 2.08. The van der Waals surface area contributed by atoms with Gasteiger partial charge in [0.25, 0.3) is 0 Å². The van der Waals surface area contributed by atoms with Crippen molar-refractivity contribution in [1.82, 2.24) is 10.6 Å². The van der Waals surface area contributed by atoms with Crippen LogP contribution in [0.4, 0.5) is 4.79 Å². The fourth-order valence-electron chi connectivity index (χ4n) is 1.13. The Balaban J connectivity index is 4.32. The molecule has 0 aliphatic carbocycles. The van der Waals surface area contributed by atoms with Gasteiger partial charge in [-0.2, -0.15) is 0 Å². The molecular weight excluding hydrogens is 208 g/mol. The van der Waals surface area contributed by atoms with Gasteiger partial charge in [-0.3, -0.25) is 0 Å². The predicted molar refractivity (Wildman–Crippen MR) is 62.3 cm³/mol. The lowest BCUT2D eigenvalue weighted by Crippen LogP contribution is -2.52. The molecule has 2 amide bonds. The van der Waals surface area contributed by atoms with Crippen molar-refractivity contribution in [2.24, 2.45) is 11.3 Å². The van der Waals surface area contributed by atoms with E-state index in [0.717, 1.165) is 0 Å². The van der Waals surface area contributed by atoms with Gasteiger partial charge in [0.1, 0.15) is 6.04 Å². The molecule has 0 aromatic heterocycles. The monoisotopic (exact) mass is 230 g/mol. The molecule has 0 heterocycles. The summed E-state index contributed by atoms with van der Waals surface area (Å²) < 4.78 is 0. The molecule has 0 rings (SSSR count). The van der Waals surface area contributed by atoms with Crippen LogP contribution in [0.2, 0.25) is 0 Å². The highest BCUT2D eigenvalue weighted by Gasteiger charge is 2.32. The SMILES string of the molecule is CC(C)CNC(=O)N[C@@H](C(=O)O)C(C)(C)C. The summed E-state index contributed by atoms with van der Waals surface area (Å²) in [5.41, 5.74) is -0.513. The molecule has 94 valence electrons. The molecule has 3 N–H and O–H groups in total. The van der Waals surface area contributed by atoms with Crippen LogP contribution in [0.5, 0.6) is 0 Å². The number of amides is 2. The second-order valence-electron chi connectivity index (χ2n) is 5.39. The maximum absolute atomic E-state index is 11.4. The number of carbonyl (C=O) groups excluding carboxylic acids is 1. The van der Waals surface area contributed by atoms with Gasteiger partial charge in [0.15, 0.2) is 0 Å². The van der Waals surface area contributed by atoms with Crippen LogP contribution in [0, 0.1) is 11.3 Å². The van der Waals surface area contributed by atoms with Crippen molar-refractivity contribution in [3.63, 3.8) is 0 Å². The van der Waals surface area contributed by atoms with Crippen molar-refractivity contribution in [2.75, 3.05) is 6.54 Å². The van der Waals surface area contributed by atoms with E-state index in [2.05, 4.69) is 10.6 Å². The zero-order valence-corrected chi connectivity index (χ0v) is 10.6. The second-order valence-corrected chi connectivity index (χ2v) is 5.39. The first-order valence-corrected chi connectivity index (χ1v) is 5.41. The van der Waals surface area contributed by atoms with Crippen molar-refractivity contribution in [2.45, 2.75) is 40.7 Å². The Labute approximate surface area is 96.6 Å². The molecule has 0 aromatic carbocycles. The van der Waals surface area contributed by atoms with Crippen molar-refractivity contribution < 1.29 is 14.7 Å². The molecule has 16 heavy (non-hydrogen) atoms. The van der Waals surface area contributed by atoms with Crippen molar-refractivity contribution in [3.8, 4) is 0 Å². The summed E-state index contributed by atoms with van der Waals surface area (Å²) in [5.74, 6) is -0.684. The van der Waals surface area contributed by atoms with E-state index in [1.54, 1.807) is 20.8 Å². The van der Waals surface area contributed by atoms with Crippen molar-refractivity contribution in [3.05, 3.63) is 0 Å². The van der Waals surface area contributed by atoms with E-state index in [1.165, 1.54) is 0 Å². The fourth-order valence-corrected chi connectivity index (χ4v) is 1.13. The van der Waals surface area contributed by atoms with Gasteiger partial charge in [-0.1, -0.05) is 34.6 Å². The molecule has 5 nitrogen and oxygen atoms in total. The molecule has 0 spiro atoms. The van der Waals surface area contributed by atoms with E-state index in [4.69, 9.17) is 5.11 Å². The first-order valence-electron chi connectivity index (χ1n) is 5.41. The molecular formula is C11H22N2O3. The van der Waals surface area contributed by atoms with Crippen LogP contribution in [0.15, 0.2) is 0 Å². The number of carbonyl (C=O) groups is 2. The zero-order valence-electron chi connectivity index (χ0n) is 10.6. The number of carboxylic acids is 1. The zero-order chi connectivity index (χ0) is 12.9. The summed E-state index contributed by atoms with van der Waals surface area (Å²) in [5, 5.41) is 14.1. The number of hydrogen-bond donors (Lipinski definition) is 3. The number of hydrogen-bond acceptors (Lipinski definition) is 2. The lowest BCUT2D eigenvalue weighted by Gasteiger charge is -2.27. The molecule has 5 heteroatoms. The third-order valence-electron chi connectivity index (χ3n) is 2.06. The summed E-state index contributed by atoms with van der Waals surface area (Å²) in [7, 11) is 0. The molecule has 0 fully saturated rings. The van der Waals surface area contributed by atoms with Gasteiger partial charge in [0.2, 0.25) is 0 Å². The Kier molecular flexibility index (Phi) is 5.27. The molecule has 0 saturated carbocycles. The highest BCUT2D eigenvalue weighted by Crippen LogP contribution is 2.19. The quantitative estimate of drug-likeness (QED) is 0.683. The predicted octanol–water partition coefficient (Wildman–Crippen LogP) is 1.44. The average molecular weight is 230 g/mol. The molecule has 0 saturated heterocycles. The molecule has 0 aliphatic heterocycles. The first kappa shape index (κ1) is 14.7. The van der Waals surface area contributed by atoms with Crippen LogP contribution in [-0.2, 0) is 4.79 Å². The Morgan fingerprint density at radius 1 is 1.25 bits per heavy atom. The lowest BCUT2D eigenvalue weighted by molar-refractivity contribution is -0.141. The number of carboxylic acid groups (broad SMARTS) is 1. The Hall–Kier alpha value is -1.26. The van der Waals surface area contributed by atoms with Crippen LogP contribution in [0.1, 0.15) is 34.6 Å². The van der Waals surface area contributed by atoms with E-state index in [0.29, 0.717) is 12.5 Å². The summed E-state index contributed by atoms with van der Waals surface area (Å²) in [6, 6.07) is -1.32. The lowest BCUT2D eigenvalue weighted by atomic mass is 9.87. The van der Waals surface area contributed by atoms with Crippen LogP contribution < -0.4 is 10.6 Å². The maximum Gasteiger partial charge on any atom is 0.326 e. The third-order valence-corrected chi connectivity index (χ3v) is 2.06. The molecule has 0 aliphatic rings. The smallest absolute Gasteiger partial charge is 0.326 e. The Bertz CT molecular complexity index is 256. The van der Waals surface area contributed by atoms with E-state index >= 15 is 0 Å². The van der Waals surface area contributed by atoms with Crippen LogP contribution in [0.3, 0.4) is 0 Å². The largest absolute Gasteiger partial charge is 0.480 e. The molecule has 0 unspecified atom stereocenters. The second kappa shape index (κ2) is 5.72. The van der Waals surface area contributed by atoms with Gasteiger partial charge in [0, 0.05) is 6.54 Å². The summed E-state index contributed by atoms with van der Waals surface area (Å²) in [4.78, 5) is 22.4. The highest BCUT2D eigenvalue weighted by molar-refractivity contribution is 5.83. The summed E-state index contributed by atoms with van der Waals surface area (Å²) >= 11 is 0. The van der Waals surface area contributed by atoms with Gasteiger partial charge in [-0.15, -0.1) is 0 Å². The minimum Gasteiger partial charge on any atom is -0.480 e. The van der Waals surface area contributed by atoms with E-state index in [1.807, 2.05) is 13.8 Å². The maximum atomic E-state index is 11.4. The first-order chi connectivity index (χ1) is 7.14. The van der Waals surface area contributed by atoms with Gasteiger partial charge in [-0.25, -0.2) is 9.59 Å². The molecule has 0 bridgehead atoms. The van der Waals surface area contributed by atoms with Gasteiger partial charge >= 0.3 is 12.0 Å². The Morgan fingerprint density at radius 3 is 2.06 bits per heavy atom. The number of rotatable bonds is 4. The topological polar surface area (TPSA) is 78.4 Å². The van der Waals surface area contributed by atoms with Crippen LogP contribution in [0.25, 0.3) is 0 Å². The van der Waals surface area contributed by atoms with Gasteiger partial charge in [-0.05, 0) is 11.3 Å². The standard InChI is InChI=1S/C11H22N2O3/c1-7(2)6-12-10(16)13-8(9(14)15)11(3,4)5/h7-8H,6H2,1-5H3,(H,14,15)(H2,12,13,16)/t8-/m0/s1. The van der Waals surface area contributed by atoms with Gasteiger partial charge < -0.3 is 15.7 Å². The van der Waals surface area contributed by atoms with E-state index < -0.39 is 23.5 Å². The third kappa shape index (κ3) is 5.58. The molecule has 0 radical (unpaired) electrons. The number of aliphatic carboxylic acids is 1. The van der Waals surface area contributed by atoms with Crippen LogP contribution >= 0.6 is 0 Å². The van der Waals surface area contributed by atoms with E-state index in [-0.39, 0.29) is 0 Å². The van der Waals surface area contributed by atoms with E-state index in [9.17, 15) is 9.59 Å². The minimum atomic E-state index is -1.02. The molecule has 0 aromatic rings. The number of nitrogens with one attached hydrogen (secondary N) is 2. The molecule has 1 atom stereocenters. The van der Waals surface area contributed by atoms with Crippen molar-refractivity contribution in [1.29, 1.82) is 0 Å². The van der Waals surface area contributed by atoms with Crippen molar-refractivity contribution >= 4 is 12.0 Å². The summed E-state index contributed by atoms with van der Waals surface area (Å²) in [6.07, 6.45) is 0. The van der Waals surface area contributed by atoms with Crippen LogP contribution in [-0.4, -0.2) is 29.7 Å².